The number of hydrogen-bond donors (Lipinski definition) is 0. The first-order chi connectivity index (χ1) is 9.29. The zero-order valence-corrected chi connectivity index (χ0v) is 12.0. The summed E-state index contributed by atoms with van der Waals surface area (Å²) in [6.45, 7) is 4.38. The third-order valence-electron chi connectivity index (χ3n) is 3.18. The zero-order valence-electron chi connectivity index (χ0n) is 12.0. The molecule has 0 bridgehead atoms. The first-order valence-electron chi connectivity index (χ1n) is 7.14. The Morgan fingerprint density at radius 3 is 2.68 bits per heavy atom. The Morgan fingerprint density at radius 1 is 1.16 bits per heavy atom. The highest BCUT2D eigenvalue weighted by Gasteiger charge is 2.06. The maximum Gasteiger partial charge on any atom is 0.120 e. The van der Waals surface area contributed by atoms with Gasteiger partial charge in [0, 0.05) is 6.42 Å². The molecule has 0 aliphatic carbocycles. The van der Waals surface area contributed by atoms with Crippen molar-refractivity contribution >= 4 is 6.29 Å². The first kappa shape index (κ1) is 15.4. The minimum absolute atomic E-state index is 0.383. The van der Waals surface area contributed by atoms with Crippen LogP contribution in [0.25, 0.3) is 0 Å². The van der Waals surface area contributed by atoms with Gasteiger partial charge in [-0.1, -0.05) is 68.8 Å². The van der Waals surface area contributed by atoms with Crippen molar-refractivity contribution in [1.29, 1.82) is 0 Å². The van der Waals surface area contributed by atoms with Gasteiger partial charge < -0.3 is 4.79 Å². The summed E-state index contributed by atoms with van der Waals surface area (Å²) in [6.07, 6.45) is 13.4. The molecule has 0 aromatic heterocycles. The van der Waals surface area contributed by atoms with Gasteiger partial charge in [0.05, 0.1) is 0 Å². The predicted molar refractivity (Wildman–Crippen MR) is 82.4 cm³/mol. The minimum Gasteiger partial charge on any atom is -0.303 e. The van der Waals surface area contributed by atoms with Crippen LogP contribution < -0.4 is 0 Å². The smallest absolute Gasteiger partial charge is 0.120 e. The molecule has 0 aliphatic heterocycles. The average Bonchev–Trinajstić information content (AvgIpc) is 2.45. The van der Waals surface area contributed by atoms with Crippen LogP contribution in [0, 0.1) is 0 Å². The summed E-state index contributed by atoms with van der Waals surface area (Å²) in [7, 11) is 0. The third kappa shape index (κ3) is 5.69. The summed E-state index contributed by atoms with van der Waals surface area (Å²) >= 11 is 0. The molecule has 1 nitrogen and oxygen atoms in total. The van der Waals surface area contributed by atoms with Crippen molar-refractivity contribution in [2.45, 2.75) is 45.4 Å². The van der Waals surface area contributed by atoms with E-state index in [4.69, 9.17) is 0 Å². The molecule has 1 unspecified atom stereocenters. The van der Waals surface area contributed by atoms with E-state index >= 15 is 0 Å². The van der Waals surface area contributed by atoms with Crippen molar-refractivity contribution in [3.63, 3.8) is 0 Å². The van der Waals surface area contributed by atoms with Crippen LogP contribution in [0.5, 0.6) is 0 Å². The first-order valence-corrected chi connectivity index (χ1v) is 7.14. The molecule has 0 heterocycles. The predicted octanol–water partition coefficient (Wildman–Crippen LogP) is 4.83. The van der Waals surface area contributed by atoms with E-state index in [0.717, 1.165) is 19.1 Å². The van der Waals surface area contributed by atoms with Gasteiger partial charge in [-0.2, -0.15) is 0 Å². The van der Waals surface area contributed by atoms with E-state index in [1.807, 2.05) is 6.07 Å². The molecular formula is C18H24O. The Labute approximate surface area is 117 Å². The molecule has 1 aromatic rings. The Morgan fingerprint density at radius 2 is 1.95 bits per heavy atom. The molecule has 1 heteroatoms. The molecule has 0 aliphatic rings. The van der Waals surface area contributed by atoms with Gasteiger partial charge in [0.2, 0.25) is 0 Å². The molecule has 102 valence electrons. The van der Waals surface area contributed by atoms with E-state index in [1.165, 1.54) is 17.5 Å². The second kappa shape index (κ2) is 9.32. The van der Waals surface area contributed by atoms with Gasteiger partial charge in [0.15, 0.2) is 0 Å². The van der Waals surface area contributed by atoms with Crippen LogP contribution in [0.15, 0.2) is 48.6 Å². The van der Waals surface area contributed by atoms with Crippen LogP contribution >= 0.6 is 0 Å². The summed E-state index contributed by atoms with van der Waals surface area (Å²) in [5, 5.41) is 0. The van der Waals surface area contributed by atoms with E-state index < -0.39 is 0 Å². The third-order valence-corrected chi connectivity index (χ3v) is 3.18. The van der Waals surface area contributed by atoms with Gasteiger partial charge in [-0.15, -0.1) is 0 Å². The van der Waals surface area contributed by atoms with Gasteiger partial charge in [0.25, 0.3) is 0 Å². The van der Waals surface area contributed by atoms with Crippen molar-refractivity contribution < 1.29 is 4.79 Å². The molecular weight excluding hydrogens is 232 g/mol. The second-order valence-electron chi connectivity index (χ2n) is 4.79. The van der Waals surface area contributed by atoms with Crippen LogP contribution in [0.1, 0.15) is 50.2 Å². The fourth-order valence-corrected chi connectivity index (χ4v) is 2.10. The lowest BCUT2D eigenvalue weighted by Crippen LogP contribution is -1.97. The number of unbranched alkanes of at least 4 members (excludes halogenated alkanes) is 1. The fourth-order valence-electron chi connectivity index (χ4n) is 2.10. The molecule has 1 atom stereocenters. The van der Waals surface area contributed by atoms with Crippen molar-refractivity contribution in [2.24, 2.45) is 0 Å². The van der Waals surface area contributed by atoms with Crippen LogP contribution in [0.2, 0.25) is 0 Å². The highest BCUT2D eigenvalue weighted by atomic mass is 16.1. The van der Waals surface area contributed by atoms with Crippen molar-refractivity contribution in [3.8, 4) is 0 Å². The number of carbonyl (C=O) groups is 1. The van der Waals surface area contributed by atoms with Crippen LogP contribution in [0.3, 0.4) is 0 Å². The molecule has 0 spiro atoms. The number of allylic oxidation sites excluding steroid dienone is 4. The van der Waals surface area contributed by atoms with E-state index in [1.54, 1.807) is 0 Å². The number of benzene rings is 1. The lowest BCUT2D eigenvalue weighted by atomic mass is 9.93. The number of hydrogen-bond acceptors (Lipinski definition) is 1. The quantitative estimate of drug-likeness (QED) is 0.481. The average molecular weight is 256 g/mol. The second-order valence-corrected chi connectivity index (χ2v) is 4.79. The molecule has 0 amide bonds. The lowest BCUT2D eigenvalue weighted by Gasteiger charge is -2.12. The van der Waals surface area contributed by atoms with Crippen molar-refractivity contribution in [1.82, 2.24) is 0 Å². The maximum atomic E-state index is 10.5. The van der Waals surface area contributed by atoms with Crippen LogP contribution in [0.4, 0.5) is 0 Å². The molecule has 1 aromatic carbocycles. The largest absolute Gasteiger partial charge is 0.303 e. The standard InChI is InChI=1S/C18H24O/c1-3-4-5-6-7-11-16(2)18-14-9-8-12-17(18)13-10-15-19/h5-9,11-12,14-16H,3-4,10,13H2,1-2H3/b6-5-,11-7-. The summed E-state index contributed by atoms with van der Waals surface area (Å²) in [6, 6.07) is 8.39. The Balaban J connectivity index is 2.69. The van der Waals surface area contributed by atoms with E-state index in [0.29, 0.717) is 12.3 Å². The minimum atomic E-state index is 0.383. The Hall–Kier alpha value is -1.63. The number of aldehydes is 1. The highest BCUT2D eigenvalue weighted by molar-refractivity contribution is 5.50. The van der Waals surface area contributed by atoms with Crippen molar-refractivity contribution in [2.75, 3.05) is 0 Å². The number of rotatable bonds is 8. The molecule has 0 saturated carbocycles. The van der Waals surface area contributed by atoms with E-state index in [9.17, 15) is 4.79 Å². The zero-order chi connectivity index (χ0) is 13.9. The normalized spacial score (nSPS) is 13.2. The summed E-state index contributed by atoms with van der Waals surface area (Å²) < 4.78 is 0. The topological polar surface area (TPSA) is 17.1 Å². The molecule has 19 heavy (non-hydrogen) atoms. The van der Waals surface area contributed by atoms with Crippen molar-refractivity contribution in [3.05, 3.63) is 59.7 Å². The maximum absolute atomic E-state index is 10.5. The van der Waals surface area contributed by atoms with Gasteiger partial charge in [0.1, 0.15) is 6.29 Å². The molecule has 0 N–H and O–H groups in total. The lowest BCUT2D eigenvalue weighted by molar-refractivity contribution is -0.107. The molecule has 0 radical (unpaired) electrons. The summed E-state index contributed by atoms with van der Waals surface area (Å²) in [4.78, 5) is 10.5. The van der Waals surface area contributed by atoms with Gasteiger partial charge in [-0.3, -0.25) is 0 Å². The van der Waals surface area contributed by atoms with E-state index in [-0.39, 0.29) is 0 Å². The Bertz CT molecular complexity index is 429. The van der Waals surface area contributed by atoms with E-state index in [2.05, 4.69) is 56.4 Å². The molecule has 0 fully saturated rings. The molecule has 0 saturated heterocycles. The van der Waals surface area contributed by atoms with Gasteiger partial charge in [-0.05, 0) is 29.9 Å². The summed E-state index contributed by atoms with van der Waals surface area (Å²) in [5.41, 5.74) is 2.61. The Kier molecular flexibility index (Phi) is 7.57. The fraction of sp³-hybridized carbons (Fsp3) is 0.389. The highest BCUT2D eigenvalue weighted by Crippen LogP contribution is 2.22. The number of aryl methyl sites for hydroxylation is 1. The van der Waals surface area contributed by atoms with Crippen LogP contribution in [-0.2, 0) is 11.2 Å². The molecule has 1 rings (SSSR count). The van der Waals surface area contributed by atoms with Gasteiger partial charge >= 0.3 is 0 Å². The van der Waals surface area contributed by atoms with Gasteiger partial charge in [-0.25, -0.2) is 0 Å². The monoisotopic (exact) mass is 256 g/mol. The summed E-state index contributed by atoms with van der Waals surface area (Å²) in [5.74, 6) is 0.383. The van der Waals surface area contributed by atoms with Crippen LogP contribution in [-0.4, -0.2) is 6.29 Å². The number of carbonyl (C=O) groups excluding carboxylic acids is 1. The SMILES string of the molecule is CCC/C=C\C=C/C(C)c1ccccc1CCC=O.